The van der Waals surface area contributed by atoms with Crippen LogP contribution in [-0.2, 0) is 41.6 Å². The topological polar surface area (TPSA) is 199 Å². The van der Waals surface area contributed by atoms with Crippen LogP contribution in [0.3, 0.4) is 0 Å². The van der Waals surface area contributed by atoms with E-state index in [4.69, 9.17) is 10.1 Å². The predicted molar refractivity (Wildman–Crippen MR) is 150 cm³/mol. The number of nitrogens with one attached hydrogen (secondary N) is 6. The Labute approximate surface area is 236 Å². The molecule has 13 heteroatoms. The van der Waals surface area contributed by atoms with Gasteiger partial charge in [0.05, 0.1) is 24.3 Å². The number of ether oxygens (including phenoxy) is 1. The molecule has 0 aliphatic carbocycles. The van der Waals surface area contributed by atoms with Gasteiger partial charge in [0, 0.05) is 49.5 Å². The van der Waals surface area contributed by atoms with Gasteiger partial charge in [-0.1, -0.05) is 18.2 Å². The fourth-order valence-corrected chi connectivity index (χ4v) is 4.27. The van der Waals surface area contributed by atoms with Crippen LogP contribution in [0.2, 0.25) is 0 Å². The van der Waals surface area contributed by atoms with Crippen molar-refractivity contribution in [1.29, 1.82) is 5.41 Å². The molecule has 0 bridgehead atoms. The molecule has 0 saturated heterocycles. The number of hydrogen-bond acceptors (Lipinski definition) is 8. The summed E-state index contributed by atoms with van der Waals surface area (Å²) >= 11 is 0. The first-order valence-electron chi connectivity index (χ1n) is 13.2. The number of rotatable bonds is 15. The summed E-state index contributed by atoms with van der Waals surface area (Å²) in [5, 5.41) is 15.9. The molecule has 2 heterocycles. The number of Topliss-reactive ketones (excluding diaryl/α,β-unsaturated/α-hetero) is 1. The van der Waals surface area contributed by atoms with Gasteiger partial charge in [-0.05, 0) is 31.9 Å². The monoisotopic (exact) mass is 565 g/mol. The van der Waals surface area contributed by atoms with Crippen molar-refractivity contribution in [3.8, 4) is 0 Å². The number of H-pyrrole nitrogens is 2. The van der Waals surface area contributed by atoms with Gasteiger partial charge >= 0.3 is 5.97 Å². The Kier molecular flexibility index (Phi) is 10.9. The van der Waals surface area contributed by atoms with E-state index in [1.54, 1.807) is 26.2 Å². The number of nitrogens with zero attached hydrogens (tertiary/aromatic N) is 1. The number of benzene rings is 1. The van der Waals surface area contributed by atoms with E-state index in [1.165, 1.54) is 13.3 Å². The van der Waals surface area contributed by atoms with Crippen LogP contribution in [0.15, 0.2) is 43.0 Å². The summed E-state index contributed by atoms with van der Waals surface area (Å²) in [5.74, 6) is -3.05. The molecule has 0 aliphatic heterocycles. The molecule has 0 spiro atoms. The van der Waals surface area contributed by atoms with Crippen LogP contribution in [0.4, 0.5) is 0 Å². The zero-order chi connectivity index (χ0) is 29.9. The Morgan fingerprint density at radius 3 is 2.34 bits per heavy atom. The number of ketones is 1. The summed E-state index contributed by atoms with van der Waals surface area (Å²) in [7, 11) is 0. The van der Waals surface area contributed by atoms with E-state index in [-0.39, 0.29) is 25.7 Å². The van der Waals surface area contributed by atoms with E-state index in [0.29, 0.717) is 11.9 Å². The SMILES string of the molecule is CC(=O)N[C@@H](Cc1c[nH]c2ccccc12)C(=O)N[C@@H](CCC(=O)C=N)C(=O)N[C@@H](Cc1c[nH]cn1)C(=O)OC(C)C. The van der Waals surface area contributed by atoms with Crippen molar-refractivity contribution >= 4 is 46.6 Å². The Morgan fingerprint density at radius 1 is 0.976 bits per heavy atom. The van der Waals surface area contributed by atoms with Crippen molar-refractivity contribution in [2.45, 2.75) is 70.7 Å². The first-order chi connectivity index (χ1) is 19.6. The maximum Gasteiger partial charge on any atom is 0.329 e. The molecular weight excluding hydrogens is 530 g/mol. The maximum absolute atomic E-state index is 13.4. The first-order valence-corrected chi connectivity index (χ1v) is 13.2. The summed E-state index contributed by atoms with van der Waals surface area (Å²) in [5.41, 5.74) is 2.15. The molecule has 3 rings (SSSR count). The summed E-state index contributed by atoms with van der Waals surface area (Å²) in [6.45, 7) is 4.63. The molecule has 0 unspecified atom stereocenters. The van der Waals surface area contributed by atoms with Crippen LogP contribution < -0.4 is 16.0 Å². The van der Waals surface area contributed by atoms with Crippen LogP contribution >= 0.6 is 0 Å². The van der Waals surface area contributed by atoms with Gasteiger partial charge in [-0.25, -0.2) is 9.78 Å². The number of para-hydroxylation sites is 1. The largest absolute Gasteiger partial charge is 0.461 e. The van der Waals surface area contributed by atoms with Gasteiger partial charge in [-0.15, -0.1) is 0 Å². The standard InChI is InChI=1S/C28H35N7O6/c1-16(2)41-28(40)25(11-19-14-30-15-32-19)35-26(38)23(9-8-20(37)12-29)34-27(39)24(33-17(3)36)10-18-13-31-22-7-5-4-6-21(18)22/h4-7,12-16,23-25,29,31H,8-11H2,1-3H3,(H,30,32)(H,33,36)(H,34,39)(H,35,38)/t23-,24-,25-/m0/s1. The summed E-state index contributed by atoms with van der Waals surface area (Å²) in [4.78, 5) is 73.5. The highest BCUT2D eigenvalue weighted by atomic mass is 16.5. The second-order valence-electron chi connectivity index (χ2n) is 9.84. The zero-order valence-electron chi connectivity index (χ0n) is 23.2. The summed E-state index contributed by atoms with van der Waals surface area (Å²) in [6, 6.07) is 4.09. The highest BCUT2D eigenvalue weighted by Crippen LogP contribution is 2.19. The molecule has 41 heavy (non-hydrogen) atoms. The minimum atomic E-state index is -1.25. The minimum absolute atomic E-state index is 0.0238. The van der Waals surface area contributed by atoms with Crippen LogP contribution in [0, 0.1) is 5.41 Å². The quantitative estimate of drug-likeness (QED) is 0.117. The molecule has 13 nitrogen and oxygen atoms in total. The second-order valence-corrected chi connectivity index (χ2v) is 9.84. The van der Waals surface area contributed by atoms with E-state index in [0.717, 1.165) is 16.5 Å². The lowest BCUT2D eigenvalue weighted by atomic mass is 10.0. The number of carbonyl (C=O) groups excluding carboxylic acids is 5. The Balaban J connectivity index is 1.81. The van der Waals surface area contributed by atoms with Gasteiger partial charge in [-0.2, -0.15) is 0 Å². The van der Waals surface area contributed by atoms with Crippen LogP contribution in [-0.4, -0.2) is 74.9 Å². The van der Waals surface area contributed by atoms with Gasteiger partial charge in [-0.3, -0.25) is 19.2 Å². The molecule has 0 fully saturated rings. The molecule has 0 saturated carbocycles. The third-order valence-electron chi connectivity index (χ3n) is 6.19. The predicted octanol–water partition coefficient (Wildman–Crippen LogP) is 1.10. The zero-order valence-corrected chi connectivity index (χ0v) is 23.2. The lowest BCUT2D eigenvalue weighted by molar-refractivity contribution is -0.151. The van der Waals surface area contributed by atoms with E-state index in [1.807, 2.05) is 24.3 Å². The van der Waals surface area contributed by atoms with Gasteiger partial charge in [0.25, 0.3) is 0 Å². The number of aromatic nitrogens is 3. The lowest BCUT2D eigenvalue weighted by Crippen LogP contribution is -2.56. The lowest BCUT2D eigenvalue weighted by Gasteiger charge is -2.25. The number of amides is 3. The molecule has 2 aromatic heterocycles. The van der Waals surface area contributed by atoms with E-state index in [2.05, 4.69) is 30.9 Å². The van der Waals surface area contributed by atoms with Crippen molar-refractivity contribution < 1.29 is 28.7 Å². The van der Waals surface area contributed by atoms with Crippen molar-refractivity contribution in [2.24, 2.45) is 0 Å². The van der Waals surface area contributed by atoms with Crippen molar-refractivity contribution in [3.63, 3.8) is 0 Å². The Bertz CT molecular complexity index is 1380. The molecule has 6 N–H and O–H groups in total. The van der Waals surface area contributed by atoms with Gasteiger partial charge < -0.3 is 36.1 Å². The fraction of sp³-hybridized carbons (Fsp3) is 0.393. The average molecular weight is 566 g/mol. The number of esters is 1. The van der Waals surface area contributed by atoms with Crippen molar-refractivity contribution in [1.82, 2.24) is 30.9 Å². The van der Waals surface area contributed by atoms with Crippen LogP contribution in [0.25, 0.3) is 10.9 Å². The third kappa shape index (κ3) is 9.12. The van der Waals surface area contributed by atoms with E-state index < -0.39 is 53.7 Å². The fourth-order valence-electron chi connectivity index (χ4n) is 4.27. The summed E-state index contributed by atoms with van der Waals surface area (Å²) in [6.07, 6.45) is 4.77. The molecular formula is C28H35N7O6. The molecule has 1 aromatic carbocycles. The number of imidazole rings is 1. The third-order valence-corrected chi connectivity index (χ3v) is 6.19. The van der Waals surface area contributed by atoms with Gasteiger partial charge in [0.15, 0.2) is 5.78 Å². The first kappa shape index (κ1) is 30.7. The van der Waals surface area contributed by atoms with Crippen molar-refractivity contribution in [2.75, 3.05) is 0 Å². The number of aromatic amines is 2. The molecule has 0 aliphatic rings. The smallest absolute Gasteiger partial charge is 0.329 e. The number of carbonyl (C=O) groups is 5. The molecule has 218 valence electrons. The highest BCUT2D eigenvalue weighted by Gasteiger charge is 2.31. The Hall–Kier alpha value is -4.81. The molecule has 3 atom stereocenters. The highest BCUT2D eigenvalue weighted by molar-refractivity contribution is 6.26. The molecule has 3 aromatic rings. The Morgan fingerprint density at radius 2 is 1.68 bits per heavy atom. The molecule has 3 amide bonds. The molecule has 0 radical (unpaired) electrons. The van der Waals surface area contributed by atoms with Crippen LogP contribution in [0.5, 0.6) is 0 Å². The second kappa shape index (κ2) is 14.5. The number of hydrogen-bond donors (Lipinski definition) is 6. The van der Waals surface area contributed by atoms with Gasteiger partial charge in [0.2, 0.25) is 17.7 Å². The normalized spacial score (nSPS) is 13.2. The maximum atomic E-state index is 13.4. The average Bonchev–Trinajstić information content (AvgIpc) is 3.59. The summed E-state index contributed by atoms with van der Waals surface area (Å²) < 4.78 is 5.30. The van der Waals surface area contributed by atoms with Crippen LogP contribution in [0.1, 0.15) is 44.9 Å². The van der Waals surface area contributed by atoms with E-state index >= 15 is 0 Å². The van der Waals surface area contributed by atoms with Crippen molar-refractivity contribution in [3.05, 3.63) is 54.2 Å². The van der Waals surface area contributed by atoms with E-state index in [9.17, 15) is 24.0 Å². The minimum Gasteiger partial charge on any atom is -0.461 e. The van der Waals surface area contributed by atoms with Gasteiger partial charge in [0.1, 0.15) is 18.1 Å². The number of fused-ring (bicyclic) bond motifs is 1.